The Balaban J connectivity index is 2.73. The molecule has 106 valence electrons. The average Bonchev–Trinajstić information content (AvgIpc) is 2.40. The Kier molecular flexibility index (Phi) is 6.24. The van der Waals surface area contributed by atoms with E-state index in [9.17, 15) is 4.39 Å². The lowest BCUT2D eigenvalue weighted by Gasteiger charge is -2.17. The number of amidine groups is 1. The van der Waals surface area contributed by atoms with Gasteiger partial charge in [-0.1, -0.05) is 17.3 Å². The van der Waals surface area contributed by atoms with Crippen molar-refractivity contribution in [3.8, 4) is 0 Å². The van der Waals surface area contributed by atoms with Crippen LogP contribution in [0.15, 0.2) is 23.4 Å². The van der Waals surface area contributed by atoms with Crippen molar-refractivity contribution in [1.82, 2.24) is 4.90 Å². The van der Waals surface area contributed by atoms with Crippen LogP contribution in [0.1, 0.15) is 18.1 Å². The van der Waals surface area contributed by atoms with Gasteiger partial charge >= 0.3 is 0 Å². The van der Waals surface area contributed by atoms with E-state index in [1.165, 1.54) is 6.07 Å². The van der Waals surface area contributed by atoms with Crippen LogP contribution in [0.2, 0.25) is 0 Å². The summed E-state index contributed by atoms with van der Waals surface area (Å²) in [6, 6.07) is 4.84. The first-order chi connectivity index (χ1) is 9.10. The highest BCUT2D eigenvalue weighted by atomic mass is 19.1. The molecule has 1 aromatic rings. The van der Waals surface area contributed by atoms with Crippen LogP contribution in [0.3, 0.4) is 0 Å². The molecule has 3 N–H and O–H groups in total. The summed E-state index contributed by atoms with van der Waals surface area (Å²) in [5.41, 5.74) is 6.03. The smallest absolute Gasteiger partial charge is 0.173 e. The van der Waals surface area contributed by atoms with E-state index < -0.39 is 5.82 Å². The lowest BCUT2D eigenvalue weighted by Crippen LogP contribution is -2.24. The molecule has 0 saturated heterocycles. The van der Waals surface area contributed by atoms with Gasteiger partial charge in [-0.2, -0.15) is 0 Å². The van der Waals surface area contributed by atoms with E-state index in [-0.39, 0.29) is 11.4 Å². The van der Waals surface area contributed by atoms with Crippen LogP contribution < -0.4 is 5.73 Å². The van der Waals surface area contributed by atoms with Gasteiger partial charge in [0.1, 0.15) is 5.82 Å². The van der Waals surface area contributed by atoms with E-state index >= 15 is 0 Å². The monoisotopic (exact) mass is 269 g/mol. The average molecular weight is 269 g/mol. The van der Waals surface area contributed by atoms with Crippen LogP contribution in [0.5, 0.6) is 0 Å². The predicted octanol–water partition coefficient (Wildman–Crippen LogP) is 1.39. The molecule has 0 radical (unpaired) electrons. The van der Waals surface area contributed by atoms with Gasteiger partial charge in [0.2, 0.25) is 0 Å². The van der Waals surface area contributed by atoms with Gasteiger partial charge in [0.15, 0.2) is 5.84 Å². The standard InChI is InChI=1S/C13H20FN3O2/c1-3-19-8-7-17(2)9-10-5-4-6-11(12(10)14)13(15)16-18/h4-6,18H,3,7-9H2,1-2H3,(H2,15,16). The molecule has 0 fully saturated rings. The SMILES string of the molecule is CCOCCN(C)Cc1cccc(/C(N)=N/O)c1F. The molecule has 0 aliphatic heterocycles. The zero-order chi connectivity index (χ0) is 14.3. The lowest BCUT2D eigenvalue weighted by atomic mass is 10.1. The fourth-order valence-corrected chi connectivity index (χ4v) is 1.69. The number of nitrogens with two attached hydrogens (primary N) is 1. The minimum Gasteiger partial charge on any atom is -0.409 e. The number of halogens is 1. The van der Waals surface area contributed by atoms with Gasteiger partial charge in [0, 0.05) is 25.3 Å². The fraction of sp³-hybridized carbons (Fsp3) is 0.462. The molecule has 0 atom stereocenters. The molecule has 5 nitrogen and oxygen atoms in total. The van der Waals surface area contributed by atoms with Crippen molar-refractivity contribution in [3.63, 3.8) is 0 Å². The maximum atomic E-state index is 14.1. The Bertz CT molecular complexity index is 438. The molecule has 0 heterocycles. The van der Waals surface area contributed by atoms with Crippen molar-refractivity contribution >= 4 is 5.84 Å². The van der Waals surface area contributed by atoms with Gasteiger partial charge in [-0.25, -0.2) is 4.39 Å². The number of oxime groups is 1. The second kappa shape index (κ2) is 7.70. The highest BCUT2D eigenvalue weighted by molar-refractivity contribution is 5.97. The molecule has 0 aliphatic carbocycles. The maximum absolute atomic E-state index is 14.1. The third-order valence-electron chi connectivity index (χ3n) is 2.72. The van der Waals surface area contributed by atoms with Gasteiger partial charge < -0.3 is 15.7 Å². The molecule has 1 aromatic carbocycles. The largest absolute Gasteiger partial charge is 0.409 e. The summed E-state index contributed by atoms with van der Waals surface area (Å²) in [4.78, 5) is 1.95. The molecule has 0 unspecified atom stereocenters. The molecule has 6 heteroatoms. The third-order valence-corrected chi connectivity index (χ3v) is 2.72. The summed E-state index contributed by atoms with van der Waals surface area (Å²) in [6.07, 6.45) is 0. The summed E-state index contributed by atoms with van der Waals surface area (Å²) in [7, 11) is 1.88. The molecule has 1 rings (SSSR count). The van der Waals surface area contributed by atoms with E-state index in [0.717, 1.165) is 0 Å². The van der Waals surface area contributed by atoms with Crippen LogP contribution >= 0.6 is 0 Å². The third kappa shape index (κ3) is 4.50. The first-order valence-corrected chi connectivity index (χ1v) is 6.11. The Hall–Kier alpha value is -1.66. The van der Waals surface area contributed by atoms with Gasteiger partial charge in [-0.05, 0) is 20.0 Å². The maximum Gasteiger partial charge on any atom is 0.173 e. The van der Waals surface area contributed by atoms with Crippen molar-refractivity contribution in [3.05, 3.63) is 35.1 Å². The quantitative estimate of drug-likeness (QED) is 0.258. The summed E-state index contributed by atoms with van der Waals surface area (Å²) >= 11 is 0. The van der Waals surface area contributed by atoms with Crippen LogP contribution in [-0.4, -0.2) is 42.7 Å². The molecule has 0 amide bonds. The fourth-order valence-electron chi connectivity index (χ4n) is 1.69. The second-order valence-corrected chi connectivity index (χ2v) is 4.20. The summed E-state index contributed by atoms with van der Waals surface area (Å²) in [5, 5.41) is 11.4. The first kappa shape index (κ1) is 15.4. The zero-order valence-electron chi connectivity index (χ0n) is 11.3. The Morgan fingerprint density at radius 3 is 2.89 bits per heavy atom. The zero-order valence-corrected chi connectivity index (χ0v) is 11.3. The van der Waals surface area contributed by atoms with E-state index in [1.54, 1.807) is 12.1 Å². The van der Waals surface area contributed by atoms with Gasteiger partial charge in [0.05, 0.1) is 12.2 Å². The van der Waals surface area contributed by atoms with Crippen molar-refractivity contribution in [2.75, 3.05) is 26.8 Å². The minimum atomic E-state index is -0.457. The summed E-state index contributed by atoms with van der Waals surface area (Å²) in [6.45, 7) is 4.35. The van der Waals surface area contributed by atoms with Crippen molar-refractivity contribution in [1.29, 1.82) is 0 Å². The highest BCUT2D eigenvalue weighted by Crippen LogP contribution is 2.14. The van der Waals surface area contributed by atoms with Crippen LogP contribution in [0, 0.1) is 5.82 Å². The molecule has 0 saturated carbocycles. The number of hydrogen-bond donors (Lipinski definition) is 2. The van der Waals surface area contributed by atoms with Gasteiger partial charge in [-0.15, -0.1) is 0 Å². The number of rotatable bonds is 7. The van der Waals surface area contributed by atoms with E-state index in [2.05, 4.69) is 5.16 Å². The highest BCUT2D eigenvalue weighted by Gasteiger charge is 2.12. The molecule has 0 aliphatic rings. The molecular formula is C13H20FN3O2. The minimum absolute atomic E-state index is 0.109. The molecule has 0 bridgehead atoms. The van der Waals surface area contributed by atoms with Crippen molar-refractivity contribution in [2.45, 2.75) is 13.5 Å². The predicted molar refractivity (Wildman–Crippen MR) is 71.7 cm³/mol. The summed E-state index contributed by atoms with van der Waals surface area (Å²) < 4.78 is 19.4. The topological polar surface area (TPSA) is 71.1 Å². The van der Waals surface area contributed by atoms with Crippen molar-refractivity contribution in [2.24, 2.45) is 10.9 Å². The number of benzene rings is 1. The van der Waals surface area contributed by atoms with E-state index in [0.29, 0.717) is 31.9 Å². The van der Waals surface area contributed by atoms with Gasteiger partial charge in [-0.3, -0.25) is 4.90 Å². The molecular weight excluding hydrogens is 249 g/mol. The molecule has 0 spiro atoms. The van der Waals surface area contributed by atoms with Crippen LogP contribution in [-0.2, 0) is 11.3 Å². The van der Waals surface area contributed by atoms with Crippen LogP contribution in [0.25, 0.3) is 0 Å². The van der Waals surface area contributed by atoms with Crippen molar-refractivity contribution < 1.29 is 14.3 Å². The number of hydrogen-bond acceptors (Lipinski definition) is 4. The second-order valence-electron chi connectivity index (χ2n) is 4.20. The van der Waals surface area contributed by atoms with Gasteiger partial charge in [0.25, 0.3) is 0 Å². The number of ether oxygens (including phenoxy) is 1. The normalized spacial score (nSPS) is 12.1. The molecule has 19 heavy (non-hydrogen) atoms. The van der Waals surface area contributed by atoms with E-state index in [1.807, 2.05) is 18.9 Å². The first-order valence-electron chi connectivity index (χ1n) is 6.11. The number of nitrogens with zero attached hydrogens (tertiary/aromatic N) is 2. The van der Waals surface area contributed by atoms with Crippen LogP contribution in [0.4, 0.5) is 4.39 Å². The molecule has 0 aromatic heterocycles. The lowest BCUT2D eigenvalue weighted by molar-refractivity contribution is 0.120. The number of likely N-dealkylation sites (N-methyl/N-ethyl adjacent to an activating group) is 1. The summed E-state index contributed by atoms with van der Waals surface area (Å²) in [5.74, 6) is -0.683. The Morgan fingerprint density at radius 1 is 1.53 bits per heavy atom. The van der Waals surface area contributed by atoms with E-state index in [4.69, 9.17) is 15.7 Å². The Morgan fingerprint density at radius 2 is 2.26 bits per heavy atom. The Labute approximate surface area is 112 Å².